The van der Waals surface area contributed by atoms with Crippen LogP contribution in [0, 0.1) is 6.92 Å². The maximum atomic E-state index is 12.4. The molecular weight excluding hydrogens is 386 g/mol. The Morgan fingerprint density at radius 3 is 2.71 bits per heavy atom. The van der Waals surface area contributed by atoms with Gasteiger partial charge in [-0.15, -0.1) is 0 Å². The lowest BCUT2D eigenvalue weighted by molar-refractivity contribution is -0.143. The summed E-state index contributed by atoms with van der Waals surface area (Å²) in [6.45, 7) is 3.48. The Morgan fingerprint density at radius 1 is 1.29 bits per heavy atom. The number of aryl methyl sites for hydroxylation is 1. The average Bonchev–Trinajstić information content (AvgIpc) is 3.25. The molecule has 0 saturated carbocycles. The van der Waals surface area contributed by atoms with E-state index in [1.165, 1.54) is 13.2 Å². The van der Waals surface area contributed by atoms with E-state index in [1.807, 2.05) is 0 Å². The minimum atomic E-state index is -0.603. The third-order valence-electron chi connectivity index (χ3n) is 3.74. The zero-order valence-corrected chi connectivity index (χ0v) is 16.2. The predicted molar refractivity (Wildman–Crippen MR) is 98.9 cm³/mol. The van der Waals surface area contributed by atoms with Crippen molar-refractivity contribution in [3.8, 4) is 0 Å². The highest BCUT2D eigenvalue weighted by Gasteiger charge is 2.16. The van der Waals surface area contributed by atoms with Crippen molar-refractivity contribution in [1.82, 2.24) is 9.72 Å². The average molecular weight is 403 g/mol. The van der Waals surface area contributed by atoms with Crippen molar-refractivity contribution in [2.45, 2.75) is 20.4 Å². The van der Waals surface area contributed by atoms with E-state index in [0.29, 0.717) is 21.5 Å². The molecule has 0 radical (unpaired) electrons. The number of ether oxygens (including phenoxy) is 2. The van der Waals surface area contributed by atoms with Crippen LogP contribution in [-0.4, -0.2) is 41.3 Å². The lowest BCUT2D eigenvalue weighted by Crippen LogP contribution is -2.23. The monoisotopic (exact) mass is 403 g/mol. The quantitative estimate of drug-likeness (QED) is 0.599. The summed E-state index contributed by atoms with van der Waals surface area (Å²) in [6.07, 6.45) is 0. The Bertz CT molecular complexity index is 1120. The second-order valence-corrected chi connectivity index (χ2v) is 6.70. The van der Waals surface area contributed by atoms with Gasteiger partial charge in [-0.1, -0.05) is 16.5 Å². The second-order valence-electron chi connectivity index (χ2n) is 5.69. The summed E-state index contributed by atoms with van der Waals surface area (Å²) in [5.41, 5.74) is 1.05. The fourth-order valence-corrected chi connectivity index (χ4v) is 3.57. The molecule has 0 saturated heterocycles. The standard InChI is InChI=1S/C18H17N3O6S/c1-4-26-15(22)9-21-13-6-5-11(17(24)25-3)8-14(13)28-18(21)19-16(23)12-7-10(2)27-20-12/h5-8H,4,9H2,1-3H3. The summed E-state index contributed by atoms with van der Waals surface area (Å²) >= 11 is 1.16. The Labute approximate surface area is 163 Å². The molecule has 146 valence electrons. The minimum Gasteiger partial charge on any atom is -0.465 e. The number of hydrogen-bond acceptors (Lipinski definition) is 8. The molecule has 0 aliphatic heterocycles. The van der Waals surface area contributed by atoms with Crippen molar-refractivity contribution in [2.75, 3.05) is 13.7 Å². The molecule has 0 unspecified atom stereocenters. The lowest BCUT2D eigenvalue weighted by atomic mass is 10.2. The van der Waals surface area contributed by atoms with Gasteiger partial charge >= 0.3 is 17.8 Å². The zero-order valence-electron chi connectivity index (χ0n) is 15.4. The summed E-state index contributed by atoms with van der Waals surface area (Å²) in [5.74, 6) is -1.07. The first-order valence-corrected chi connectivity index (χ1v) is 9.14. The van der Waals surface area contributed by atoms with Gasteiger partial charge < -0.3 is 18.6 Å². The number of methoxy groups -OCH3 is 1. The van der Waals surface area contributed by atoms with Crippen LogP contribution in [0.5, 0.6) is 0 Å². The number of carbonyl (C=O) groups is 3. The molecule has 1 aromatic carbocycles. The van der Waals surface area contributed by atoms with Crippen LogP contribution in [0.1, 0.15) is 33.5 Å². The highest BCUT2D eigenvalue weighted by atomic mass is 32.1. The van der Waals surface area contributed by atoms with E-state index in [1.54, 1.807) is 36.6 Å². The first-order valence-electron chi connectivity index (χ1n) is 8.32. The second kappa shape index (κ2) is 8.17. The first kappa shape index (κ1) is 19.5. The molecule has 3 rings (SSSR count). The van der Waals surface area contributed by atoms with Gasteiger partial charge in [-0.05, 0) is 32.0 Å². The number of rotatable bonds is 5. The molecular formula is C18H17N3O6S. The van der Waals surface area contributed by atoms with E-state index in [0.717, 1.165) is 11.3 Å². The van der Waals surface area contributed by atoms with Gasteiger partial charge in [-0.3, -0.25) is 9.59 Å². The molecule has 9 nitrogen and oxygen atoms in total. The summed E-state index contributed by atoms with van der Waals surface area (Å²) in [6, 6.07) is 6.34. The Morgan fingerprint density at radius 2 is 2.07 bits per heavy atom. The van der Waals surface area contributed by atoms with E-state index in [9.17, 15) is 14.4 Å². The van der Waals surface area contributed by atoms with Crippen molar-refractivity contribution in [2.24, 2.45) is 4.99 Å². The number of carbonyl (C=O) groups excluding carboxylic acids is 3. The molecule has 0 spiro atoms. The van der Waals surface area contributed by atoms with Crippen LogP contribution in [0.15, 0.2) is 33.8 Å². The van der Waals surface area contributed by atoms with Crippen LogP contribution in [0.25, 0.3) is 10.2 Å². The van der Waals surface area contributed by atoms with Gasteiger partial charge in [-0.25, -0.2) is 4.79 Å². The molecule has 0 fully saturated rings. The molecule has 0 aliphatic rings. The molecule has 28 heavy (non-hydrogen) atoms. The van der Waals surface area contributed by atoms with Crippen LogP contribution in [0.4, 0.5) is 0 Å². The van der Waals surface area contributed by atoms with Gasteiger partial charge in [0.25, 0.3) is 0 Å². The van der Waals surface area contributed by atoms with Crippen LogP contribution in [-0.2, 0) is 20.8 Å². The highest BCUT2D eigenvalue weighted by Crippen LogP contribution is 2.20. The maximum Gasteiger partial charge on any atom is 0.337 e. The molecule has 10 heteroatoms. The fraction of sp³-hybridized carbons (Fsp3) is 0.278. The van der Waals surface area contributed by atoms with Gasteiger partial charge in [0.15, 0.2) is 10.5 Å². The Balaban J connectivity index is 2.12. The van der Waals surface area contributed by atoms with Gasteiger partial charge in [0.2, 0.25) is 0 Å². The van der Waals surface area contributed by atoms with Crippen molar-refractivity contribution in [1.29, 1.82) is 0 Å². The van der Waals surface area contributed by atoms with Crippen molar-refractivity contribution >= 4 is 39.4 Å². The zero-order chi connectivity index (χ0) is 20.3. The van der Waals surface area contributed by atoms with Crippen LogP contribution < -0.4 is 4.80 Å². The number of esters is 2. The van der Waals surface area contributed by atoms with Crippen LogP contribution >= 0.6 is 11.3 Å². The van der Waals surface area contributed by atoms with E-state index in [-0.39, 0.29) is 23.6 Å². The number of thiazole rings is 1. The topological polar surface area (TPSA) is 113 Å². The molecule has 0 atom stereocenters. The third-order valence-corrected chi connectivity index (χ3v) is 4.78. The summed E-state index contributed by atoms with van der Waals surface area (Å²) < 4.78 is 16.9. The maximum absolute atomic E-state index is 12.4. The van der Waals surface area contributed by atoms with E-state index >= 15 is 0 Å². The van der Waals surface area contributed by atoms with Crippen molar-refractivity contribution in [3.05, 3.63) is 46.1 Å². The Kier molecular flexibility index (Phi) is 5.69. The van der Waals surface area contributed by atoms with Crippen molar-refractivity contribution in [3.63, 3.8) is 0 Å². The molecule has 1 amide bonds. The normalized spacial score (nSPS) is 11.6. The fourth-order valence-electron chi connectivity index (χ4n) is 2.50. The number of nitrogens with zero attached hydrogens (tertiary/aromatic N) is 3. The van der Waals surface area contributed by atoms with Crippen molar-refractivity contribution < 1.29 is 28.4 Å². The third kappa shape index (κ3) is 4.01. The minimum absolute atomic E-state index is 0.0629. The van der Waals surface area contributed by atoms with Crippen LogP contribution in [0.3, 0.4) is 0 Å². The molecule has 2 heterocycles. The van der Waals surface area contributed by atoms with E-state index in [4.69, 9.17) is 14.0 Å². The lowest BCUT2D eigenvalue weighted by Gasteiger charge is -2.05. The molecule has 0 aliphatic carbocycles. The smallest absolute Gasteiger partial charge is 0.337 e. The molecule has 0 N–H and O–H groups in total. The van der Waals surface area contributed by atoms with Gasteiger partial charge in [0, 0.05) is 6.07 Å². The number of fused-ring (bicyclic) bond motifs is 1. The molecule has 0 bridgehead atoms. The summed E-state index contributed by atoms with van der Waals surface area (Å²) in [7, 11) is 1.29. The summed E-state index contributed by atoms with van der Waals surface area (Å²) in [4.78, 5) is 40.6. The largest absolute Gasteiger partial charge is 0.465 e. The van der Waals surface area contributed by atoms with Gasteiger partial charge in [-0.2, -0.15) is 4.99 Å². The first-order chi connectivity index (χ1) is 13.4. The Hall–Kier alpha value is -3.27. The number of aromatic nitrogens is 2. The predicted octanol–water partition coefficient (Wildman–Crippen LogP) is 2.09. The van der Waals surface area contributed by atoms with Gasteiger partial charge in [0.1, 0.15) is 12.3 Å². The van der Waals surface area contributed by atoms with Crippen LogP contribution in [0.2, 0.25) is 0 Å². The van der Waals surface area contributed by atoms with E-state index < -0.39 is 17.8 Å². The molecule has 2 aromatic heterocycles. The summed E-state index contributed by atoms with van der Waals surface area (Å²) in [5, 5.41) is 3.66. The number of hydrogen-bond donors (Lipinski definition) is 0. The number of benzene rings is 1. The van der Waals surface area contributed by atoms with E-state index in [2.05, 4.69) is 10.1 Å². The van der Waals surface area contributed by atoms with Gasteiger partial charge in [0.05, 0.1) is 29.5 Å². The SMILES string of the molecule is CCOC(=O)Cn1c(=NC(=O)c2cc(C)on2)sc2cc(C(=O)OC)ccc21. The number of amides is 1. The highest BCUT2D eigenvalue weighted by molar-refractivity contribution is 7.16. The molecule has 3 aromatic rings.